The zero-order valence-corrected chi connectivity index (χ0v) is 9.84. The summed E-state index contributed by atoms with van der Waals surface area (Å²) >= 11 is 0. The SMILES string of the molecule is COC(=O)[C@H]1CCCCN1S(=O)(=O)C(F)(F)F. The van der Waals surface area contributed by atoms with Crippen molar-refractivity contribution < 1.29 is 31.1 Å². The van der Waals surface area contributed by atoms with Crippen LogP contribution >= 0.6 is 0 Å². The van der Waals surface area contributed by atoms with E-state index < -0.39 is 27.5 Å². The second-order valence-electron chi connectivity index (χ2n) is 3.60. The lowest BCUT2D eigenvalue weighted by Crippen LogP contribution is -2.52. The Balaban J connectivity index is 3.05. The van der Waals surface area contributed by atoms with Crippen LogP contribution in [0.4, 0.5) is 13.2 Å². The summed E-state index contributed by atoms with van der Waals surface area (Å²) in [6, 6.07) is -1.37. The van der Waals surface area contributed by atoms with Gasteiger partial charge in [0.15, 0.2) is 0 Å². The molecule has 1 rings (SSSR count). The number of nitrogens with zero attached hydrogens (tertiary/aromatic N) is 1. The molecule has 0 aromatic carbocycles. The van der Waals surface area contributed by atoms with Crippen molar-refractivity contribution in [1.29, 1.82) is 0 Å². The van der Waals surface area contributed by atoms with E-state index in [9.17, 15) is 26.4 Å². The van der Waals surface area contributed by atoms with Gasteiger partial charge in [0.05, 0.1) is 7.11 Å². The lowest BCUT2D eigenvalue weighted by Gasteiger charge is -2.32. The minimum absolute atomic E-state index is 0.0436. The summed E-state index contributed by atoms with van der Waals surface area (Å²) in [6.07, 6.45) is 0.828. The molecule has 0 aliphatic carbocycles. The van der Waals surface area contributed by atoms with Gasteiger partial charge in [-0.2, -0.15) is 17.5 Å². The van der Waals surface area contributed by atoms with Gasteiger partial charge in [0, 0.05) is 6.54 Å². The fraction of sp³-hybridized carbons (Fsp3) is 0.875. The number of methoxy groups -OCH3 is 1. The highest BCUT2D eigenvalue weighted by molar-refractivity contribution is 7.90. The number of halogens is 3. The molecule has 17 heavy (non-hydrogen) atoms. The maximum atomic E-state index is 12.4. The van der Waals surface area contributed by atoms with E-state index in [2.05, 4.69) is 4.74 Å². The Bertz CT molecular complexity index is 392. The highest BCUT2D eigenvalue weighted by atomic mass is 32.2. The van der Waals surface area contributed by atoms with Crippen LogP contribution in [0.25, 0.3) is 0 Å². The van der Waals surface area contributed by atoms with E-state index in [1.807, 2.05) is 0 Å². The molecule has 0 aromatic rings. The number of carbonyl (C=O) groups excluding carboxylic acids is 1. The average molecular weight is 275 g/mol. The number of alkyl halides is 3. The molecule has 0 unspecified atom stereocenters. The monoisotopic (exact) mass is 275 g/mol. The quantitative estimate of drug-likeness (QED) is 0.701. The zero-order valence-electron chi connectivity index (χ0n) is 9.03. The number of esters is 1. The topological polar surface area (TPSA) is 63.7 Å². The Morgan fingerprint density at radius 2 is 1.94 bits per heavy atom. The largest absolute Gasteiger partial charge is 0.511 e. The summed E-state index contributed by atoms with van der Waals surface area (Å²) in [5.41, 5.74) is -5.39. The van der Waals surface area contributed by atoms with Crippen molar-refractivity contribution in [3.63, 3.8) is 0 Å². The standard InChI is InChI=1S/C8H12F3NO4S/c1-16-7(13)6-4-2-3-5-12(6)17(14,15)8(9,10)11/h6H,2-5H2,1H3/t6-/m1/s1. The van der Waals surface area contributed by atoms with Gasteiger partial charge >= 0.3 is 21.5 Å². The predicted molar refractivity (Wildman–Crippen MR) is 51.3 cm³/mol. The van der Waals surface area contributed by atoms with E-state index >= 15 is 0 Å². The van der Waals surface area contributed by atoms with Crippen molar-refractivity contribution in [2.75, 3.05) is 13.7 Å². The Kier molecular flexibility index (Phi) is 4.03. The van der Waals surface area contributed by atoms with Crippen LogP contribution in [0.5, 0.6) is 0 Å². The van der Waals surface area contributed by atoms with Crippen LogP contribution in [0.2, 0.25) is 0 Å². The van der Waals surface area contributed by atoms with Crippen LogP contribution in [-0.2, 0) is 19.6 Å². The average Bonchev–Trinajstić information content (AvgIpc) is 2.26. The summed E-state index contributed by atoms with van der Waals surface area (Å²) in [7, 11) is -4.46. The molecule has 0 amide bonds. The highest BCUT2D eigenvalue weighted by Crippen LogP contribution is 2.32. The van der Waals surface area contributed by atoms with E-state index in [4.69, 9.17) is 0 Å². The number of ether oxygens (including phenoxy) is 1. The Morgan fingerprint density at radius 1 is 1.35 bits per heavy atom. The first-order chi connectivity index (χ1) is 7.71. The van der Waals surface area contributed by atoms with E-state index in [1.165, 1.54) is 0 Å². The zero-order chi connectivity index (χ0) is 13.3. The van der Waals surface area contributed by atoms with Crippen LogP contribution in [0, 0.1) is 0 Å². The molecule has 0 bridgehead atoms. The van der Waals surface area contributed by atoms with Crippen molar-refractivity contribution in [2.45, 2.75) is 30.8 Å². The number of hydrogen-bond donors (Lipinski definition) is 0. The lowest BCUT2D eigenvalue weighted by atomic mass is 10.1. The van der Waals surface area contributed by atoms with Gasteiger partial charge in [0.1, 0.15) is 6.04 Å². The molecule has 0 spiro atoms. The van der Waals surface area contributed by atoms with Crippen LogP contribution in [0.3, 0.4) is 0 Å². The van der Waals surface area contributed by atoms with Crippen molar-refractivity contribution >= 4 is 16.0 Å². The number of piperidine rings is 1. The molecule has 1 saturated heterocycles. The van der Waals surface area contributed by atoms with E-state index in [1.54, 1.807) is 0 Å². The van der Waals surface area contributed by atoms with Crippen molar-refractivity contribution in [3.8, 4) is 0 Å². The van der Waals surface area contributed by atoms with Gasteiger partial charge in [-0.25, -0.2) is 8.42 Å². The third kappa shape index (κ3) is 2.71. The van der Waals surface area contributed by atoms with Gasteiger partial charge in [-0.15, -0.1) is 0 Å². The van der Waals surface area contributed by atoms with E-state index in [0.29, 0.717) is 12.8 Å². The minimum atomic E-state index is -5.47. The van der Waals surface area contributed by atoms with E-state index in [0.717, 1.165) is 7.11 Å². The van der Waals surface area contributed by atoms with Crippen LogP contribution < -0.4 is 0 Å². The third-order valence-corrected chi connectivity index (χ3v) is 4.17. The molecular formula is C8H12F3NO4S. The summed E-state index contributed by atoms with van der Waals surface area (Å²) in [6.45, 7) is -0.318. The molecule has 100 valence electrons. The Labute approximate surface area is 96.6 Å². The molecule has 9 heteroatoms. The highest BCUT2D eigenvalue weighted by Gasteiger charge is 2.53. The molecule has 1 heterocycles. The molecular weight excluding hydrogens is 263 g/mol. The van der Waals surface area contributed by atoms with Gasteiger partial charge < -0.3 is 4.74 Å². The fourth-order valence-corrected chi connectivity index (χ4v) is 2.86. The normalized spacial score (nSPS) is 23.4. The maximum absolute atomic E-state index is 12.4. The predicted octanol–water partition coefficient (Wildman–Crippen LogP) is 0.863. The second-order valence-corrected chi connectivity index (χ2v) is 5.48. The minimum Gasteiger partial charge on any atom is -0.468 e. The molecule has 1 aliphatic heterocycles. The Morgan fingerprint density at radius 3 is 2.41 bits per heavy atom. The smallest absolute Gasteiger partial charge is 0.468 e. The van der Waals surface area contributed by atoms with Crippen molar-refractivity contribution in [3.05, 3.63) is 0 Å². The summed E-state index contributed by atoms with van der Waals surface area (Å²) in [4.78, 5) is 11.3. The third-order valence-electron chi connectivity index (χ3n) is 2.53. The number of sulfonamides is 1. The molecule has 0 radical (unpaired) electrons. The molecule has 1 atom stereocenters. The van der Waals surface area contributed by atoms with Gasteiger partial charge in [0.2, 0.25) is 0 Å². The van der Waals surface area contributed by atoms with Crippen molar-refractivity contribution in [1.82, 2.24) is 4.31 Å². The van der Waals surface area contributed by atoms with Crippen molar-refractivity contribution in [2.24, 2.45) is 0 Å². The first-order valence-corrected chi connectivity index (χ1v) is 6.31. The summed E-state index contributed by atoms with van der Waals surface area (Å²) in [5.74, 6) is -0.961. The molecule has 0 aromatic heterocycles. The first kappa shape index (κ1) is 14.2. The number of carbonyl (C=O) groups is 1. The van der Waals surface area contributed by atoms with E-state index in [-0.39, 0.29) is 17.3 Å². The molecule has 1 aliphatic rings. The van der Waals surface area contributed by atoms with Gasteiger partial charge in [-0.1, -0.05) is 0 Å². The van der Waals surface area contributed by atoms with Crippen LogP contribution in [0.1, 0.15) is 19.3 Å². The fourth-order valence-electron chi connectivity index (χ4n) is 1.70. The number of rotatable bonds is 2. The molecule has 1 fully saturated rings. The molecule has 0 N–H and O–H groups in total. The molecule has 5 nitrogen and oxygen atoms in total. The van der Waals surface area contributed by atoms with Gasteiger partial charge in [0.25, 0.3) is 0 Å². The maximum Gasteiger partial charge on any atom is 0.511 e. The van der Waals surface area contributed by atoms with Crippen LogP contribution in [-0.4, -0.2) is 43.9 Å². The lowest BCUT2D eigenvalue weighted by molar-refractivity contribution is -0.146. The molecule has 0 saturated carbocycles. The second kappa shape index (κ2) is 4.81. The summed E-state index contributed by atoms with van der Waals surface area (Å²) < 4.78 is 64.1. The first-order valence-electron chi connectivity index (χ1n) is 4.87. The number of hydrogen-bond acceptors (Lipinski definition) is 4. The Hall–Kier alpha value is -0.830. The van der Waals surface area contributed by atoms with Crippen LogP contribution in [0.15, 0.2) is 0 Å². The summed E-state index contributed by atoms with van der Waals surface area (Å²) in [5, 5.41) is 0. The van der Waals surface area contributed by atoms with Gasteiger partial charge in [-0.3, -0.25) is 4.79 Å². The van der Waals surface area contributed by atoms with Gasteiger partial charge in [-0.05, 0) is 19.3 Å².